The molecule has 0 fully saturated rings. The Morgan fingerprint density at radius 3 is 1.11 bits per heavy atom. The Morgan fingerprint density at radius 2 is 0.852 bits per heavy atom. The molecule has 0 saturated carbocycles. The SMILES string of the molecule is CN=C(NC)NCCCNCCCNCCCNC(=NC)NC.Cl.Cl.Cl.Cl. The van der Waals surface area contributed by atoms with E-state index < -0.39 is 0 Å². The topological polar surface area (TPSA) is 96.9 Å². The molecular formula is C15H40Cl4N8. The highest BCUT2D eigenvalue weighted by atomic mass is 35.5. The van der Waals surface area contributed by atoms with Crippen molar-refractivity contribution in [3.63, 3.8) is 0 Å². The van der Waals surface area contributed by atoms with Crippen molar-refractivity contribution in [2.24, 2.45) is 9.98 Å². The first-order chi connectivity index (χ1) is 11.3. The summed E-state index contributed by atoms with van der Waals surface area (Å²) in [5.41, 5.74) is 0. The van der Waals surface area contributed by atoms with E-state index in [0.717, 1.165) is 70.5 Å². The lowest BCUT2D eigenvalue weighted by atomic mass is 10.3. The van der Waals surface area contributed by atoms with Gasteiger partial charge in [0.25, 0.3) is 0 Å². The van der Waals surface area contributed by atoms with Crippen LogP contribution in [0.4, 0.5) is 0 Å². The fourth-order valence-corrected chi connectivity index (χ4v) is 1.99. The summed E-state index contributed by atoms with van der Waals surface area (Å²) < 4.78 is 0. The van der Waals surface area contributed by atoms with Gasteiger partial charge >= 0.3 is 0 Å². The van der Waals surface area contributed by atoms with Crippen LogP contribution in [0.2, 0.25) is 0 Å². The minimum absolute atomic E-state index is 0. The van der Waals surface area contributed by atoms with Gasteiger partial charge in [0.15, 0.2) is 11.9 Å². The predicted molar refractivity (Wildman–Crippen MR) is 129 cm³/mol. The highest BCUT2D eigenvalue weighted by Gasteiger charge is 1.94. The second-order valence-corrected chi connectivity index (χ2v) is 5.06. The van der Waals surface area contributed by atoms with Crippen LogP contribution >= 0.6 is 49.6 Å². The molecule has 0 amide bonds. The molecule has 0 aromatic carbocycles. The highest BCUT2D eigenvalue weighted by molar-refractivity contribution is 5.86. The smallest absolute Gasteiger partial charge is 0.190 e. The standard InChI is InChI=1S/C15H36N8.4ClH/c1-16-14(17-2)22-12-6-10-20-8-5-9-21-11-7-13-23-15(18-3)19-4;;;;/h20-21H,5-13H2,1-4H3,(H2,16,17,22)(H2,18,19,23);4*1H. The largest absolute Gasteiger partial charge is 0.359 e. The van der Waals surface area contributed by atoms with Gasteiger partial charge in [-0.25, -0.2) is 0 Å². The summed E-state index contributed by atoms with van der Waals surface area (Å²) in [5, 5.41) is 19.4. The summed E-state index contributed by atoms with van der Waals surface area (Å²) in [6, 6.07) is 0. The van der Waals surface area contributed by atoms with Gasteiger partial charge in [0.1, 0.15) is 0 Å². The first-order valence-corrected chi connectivity index (χ1v) is 8.46. The van der Waals surface area contributed by atoms with Crippen molar-refractivity contribution < 1.29 is 0 Å². The molecule has 12 heteroatoms. The Morgan fingerprint density at radius 1 is 0.556 bits per heavy atom. The minimum atomic E-state index is 0. The van der Waals surface area contributed by atoms with Crippen LogP contribution < -0.4 is 31.9 Å². The van der Waals surface area contributed by atoms with Gasteiger partial charge in [0.05, 0.1) is 0 Å². The van der Waals surface area contributed by atoms with Crippen molar-refractivity contribution in [3.8, 4) is 0 Å². The van der Waals surface area contributed by atoms with E-state index in [4.69, 9.17) is 0 Å². The number of hydrogen-bond acceptors (Lipinski definition) is 4. The zero-order valence-electron chi connectivity index (χ0n) is 16.9. The van der Waals surface area contributed by atoms with Crippen LogP contribution in [0.5, 0.6) is 0 Å². The lowest BCUT2D eigenvalue weighted by Crippen LogP contribution is -2.36. The van der Waals surface area contributed by atoms with Crippen LogP contribution in [0, 0.1) is 0 Å². The van der Waals surface area contributed by atoms with Gasteiger partial charge in [-0.2, -0.15) is 0 Å². The Kier molecular flexibility index (Phi) is 42.0. The summed E-state index contributed by atoms with van der Waals surface area (Å²) in [4.78, 5) is 8.13. The maximum absolute atomic E-state index is 4.07. The molecule has 0 aliphatic heterocycles. The molecule has 0 aliphatic carbocycles. The van der Waals surface area contributed by atoms with Crippen molar-refractivity contribution in [3.05, 3.63) is 0 Å². The van der Waals surface area contributed by atoms with Crippen molar-refractivity contribution >= 4 is 61.5 Å². The second kappa shape index (κ2) is 30.4. The average molecular weight is 474 g/mol. The molecule has 0 aromatic rings. The van der Waals surface area contributed by atoms with Crippen LogP contribution in [-0.4, -0.2) is 79.4 Å². The molecule has 0 atom stereocenters. The number of rotatable bonds is 12. The molecule has 0 aromatic heterocycles. The van der Waals surface area contributed by atoms with Gasteiger partial charge in [0, 0.05) is 41.3 Å². The van der Waals surface area contributed by atoms with Gasteiger partial charge in [-0.15, -0.1) is 49.6 Å². The lowest BCUT2D eigenvalue weighted by molar-refractivity contribution is 0.571. The third-order valence-electron chi connectivity index (χ3n) is 3.27. The molecule has 0 heterocycles. The quantitative estimate of drug-likeness (QED) is 0.141. The van der Waals surface area contributed by atoms with Crippen molar-refractivity contribution in [1.29, 1.82) is 0 Å². The third kappa shape index (κ3) is 25.6. The van der Waals surface area contributed by atoms with Crippen molar-refractivity contribution in [2.45, 2.75) is 19.3 Å². The Bertz CT molecular complexity index is 303. The van der Waals surface area contributed by atoms with Gasteiger partial charge in [0.2, 0.25) is 0 Å². The molecule has 168 valence electrons. The summed E-state index contributed by atoms with van der Waals surface area (Å²) in [7, 11) is 7.29. The lowest BCUT2D eigenvalue weighted by Gasteiger charge is -2.10. The molecule has 8 nitrogen and oxygen atoms in total. The monoisotopic (exact) mass is 472 g/mol. The zero-order valence-corrected chi connectivity index (χ0v) is 20.2. The van der Waals surface area contributed by atoms with Crippen LogP contribution in [0.1, 0.15) is 19.3 Å². The molecule has 0 bridgehead atoms. The summed E-state index contributed by atoms with van der Waals surface area (Å²) in [6.07, 6.45) is 3.33. The Hall–Kier alpha value is -0.380. The van der Waals surface area contributed by atoms with E-state index in [1.54, 1.807) is 14.1 Å². The fourth-order valence-electron chi connectivity index (χ4n) is 1.99. The minimum Gasteiger partial charge on any atom is -0.359 e. The third-order valence-corrected chi connectivity index (χ3v) is 3.27. The zero-order chi connectivity index (χ0) is 17.2. The number of hydrogen-bond donors (Lipinski definition) is 6. The number of nitrogens with zero attached hydrogens (tertiary/aromatic N) is 2. The summed E-state index contributed by atoms with van der Waals surface area (Å²) >= 11 is 0. The average Bonchev–Trinajstić information content (AvgIpc) is 2.59. The summed E-state index contributed by atoms with van der Waals surface area (Å²) in [6.45, 7) is 6.03. The highest BCUT2D eigenvalue weighted by Crippen LogP contribution is 1.79. The molecule has 0 spiro atoms. The van der Waals surface area contributed by atoms with E-state index in [1.807, 2.05) is 14.1 Å². The molecule has 6 N–H and O–H groups in total. The summed E-state index contributed by atoms with van der Waals surface area (Å²) in [5.74, 6) is 1.69. The van der Waals surface area contributed by atoms with E-state index in [2.05, 4.69) is 41.9 Å². The second-order valence-electron chi connectivity index (χ2n) is 5.06. The van der Waals surface area contributed by atoms with Crippen molar-refractivity contribution in [2.75, 3.05) is 67.5 Å². The van der Waals surface area contributed by atoms with Gasteiger partial charge in [-0.1, -0.05) is 0 Å². The van der Waals surface area contributed by atoms with E-state index in [1.165, 1.54) is 0 Å². The van der Waals surface area contributed by atoms with Crippen molar-refractivity contribution in [1.82, 2.24) is 31.9 Å². The van der Waals surface area contributed by atoms with Gasteiger partial charge in [-0.3, -0.25) is 9.98 Å². The van der Waals surface area contributed by atoms with Crippen LogP contribution in [0.3, 0.4) is 0 Å². The number of halogens is 4. The predicted octanol–water partition coefficient (Wildman–Crippen LogP) is 0.613. The molecule has 0 rings (SSSR count). The normalized spacial score (nSPS) is 10.4. The van der Waals surface area contributed by atoms with E-state index in [0.29, 0.717) is 0 Å². The maximum Gasteiger partial charge on any atom is 0.190 e. The Labute approximate surface area is 190 Å². The van der Waals surface area contributed by atoms with Gasteiger partial charge in [-0.05, 0) is 45.4 Å². The molecule has 0 aliphatic rings. The van der Waals surface area contributed by atoms with Gasteiger partial charge < -0.3 is 31.9 Å². The molecular weight excluding hydrogens is 434 g/mol. The Balaban J connectivity index is -0.000000403. The number of guanidine groups is 2. The van der Waals surface area contributed by atoms with E-state index in [-0.39, 0.29) is 49.6 Å². The first kappa shape index (κ1) is 37.4. The van der Waals surface area contributed by atoms with E-state index in [9.17, 15) is 0 Å². The number of nitrogens with one attached hydrogen (secondary N) is 6. The fraction of sp³-hybridized carbons (Fsp3) is 0.867. The molecule has 0 radical (unpaired) electrons. The van der Waals surface area contributed by atoms with Crippen LogP contribution in [0.25, 0.3) is 0 Å². The van der Waals surface area contributed by atoms with Crippen LogP contribution in [0.15, 0.2) is 9.98 Å². The molecule has 0 unspecified atom stereocenters. The van der Waals surface area contributed by atoms with E-state index >= 15 is 0 Å². The first-order valence-electron chi connectivity index (χ1n) is 8.46. The molecule has 27 heavy (non-hydrogen) atoms. The number of aliphatic imine (C=N–C) groups is 2. The molecule has 0 saturated heterocycles. The maximum atomic E-state index is 4.07. The van der Waals surface area contributed by atoms with Crippen LogP contribution in [-0.2, 0) is 0 Å².